The first-order valence-electron chi connectivity index (χ1n) is 6.67. The average molecular weight is 357 g/mol. The number of amides is 1. The third kappa shape index (κ3) is 3.58. The SMILES string of the molecule is CCC(CC)(C(=O)N(C)Cc1cccc(Br)c1)C(N)=S. The van der Waals surface area contributed by atoms with Crippen LogP contribution in [0.4, 0.5) is 0 Å². The molecule has 0 radical (unpaired) electrons. The largest absolute Gasteiger partial charge is 0.392 e. The van der Waals surface area contributed by atoms with Crippen molar-refractivity contribution in [2.75, 3.05) is 7.05 Å². The van der Waals surface area contributed by atoms with Gasteiger partial charge < -0.3 is 10.6 Å². The van der Waals surface area contributed by atoms with Crippen molar-refractivity contribution in [2.24, 2.45) is 11.1 Å². The predicted molar refractivity (Wildman–Crippen MR) is 90.4 cm³/mol. The molecule has 0 heterocycles. The highest BCUT2D eigenvalue weighted by molar-refractivity contribution is 9.10. The number of hydrogen-bond donors (Lipinski definition) is 1. The first kappa shape index (κ1) is 17.1. The van der Waals surface area contributed by atoms with Gasteiger partial charge in [-0.3, -0.25) is 4.79 Å². The van der Waals surface area contributed by atoms with E-state index in [-0.39, 0.29) is 10.9 Å². The molecule has 5 heteroatoms. The maximum atomic E-state index is 12.7. The smallest absolute Gasteiger partial charge is 0.235 e. The molecule has 0 spiro atoms. The molecule has 0 saturated heterocycles. The number of nitrogens with zero attached hydrogens (tertiary/aromatic N) is 1. The minimum atomic E-state index is -0.726. The summed E-state index contributed by atoms with van der Waals surface area (Å²) in [5.41, 5.74) is 6.17. The highest BCUT2D eigenvalue weighted by Crippen LogP contribution is 2.30. The molecule has 20 heavy (non-hydrogen) atoms. The van der Waals surface area contributed by atoms with Crippen LogP contribution in [-0.2, 0) is 11.3 Å². The van der Waals surface area contributed by atoms with Gasteiger partial charge in [-0.2, -0.15) is 0 Å². The lowest BCUT2D eigenvalue weighted by molar-refractivity contribution is -0.137. The first-order valence-corrected chi connectivity index (χ1v) is 7.87. The van der Waals surface area contributed by atoms with Crippen molar-refractivity contribution < 1.29 is 4.79 Å². The number of carbonyl (C=O) groups excluding carboxylic acids is 1. The van der Waals surface area contributed by atoms with E-state index in [1.54, 1.807) is 11.9 Å². The van der Waals surface area contributed by atoms with Crippen LogP contribution in [0.15, 0.2) is 28.7 Å². The van der Waals surface area contributed by atoms with E-state index in [0.717, 1.165) is 10.0 Å². The topological polar surface area (TPSA) is 46.3 Å². The summed E-state index contributed by atoms with van der Waals surface area (Å²) in [5.74, 6) is -0.00465. The van der Waals surface area contributed by atoms with Crippen LogP contribution in [0.25, 0.3) is 0 Å². The first-order chi connectivity index (χ1) is 9.37. The lowest BCUT2D eigenvalue weighted by Crippen LogP contribution is -2.48. The Balaban J connectivity index is 2.93. The Morgan fingerprint density at radius 1 is 1.40 bits per heavy atom. The van der Waals surface area contributed by atoms with Gasteiger partial charge >= 0.3 is 0 Å². The lowest BCUT2D eigenvalue weighted by atomic mass is 9.80. The summed E-state index contributed by atoms with van der Waals surface area (Å²) in [6, 6.07) is 7.92. The molecule has 0 bridgehead atoms. The summed E-state index contributed by atoms with van der Waals surface area (Å²) in [5, 5.41) is 0. The van der Waals surface area contributed by atoms with E-state index in [0.29, 0.717) is 19.4 Å². The molecule has 0 unspecified atom stereocenters. The quantitative estimate of drug-likeness (QED) is 0.793. The Kier molecular flexibility index (Phi) is 6.14. The van der Waals surface area contributed by atoms with Crippen molar-refractivity contribution in [1.82, 2.24) is 4.90 Å². The van der Waals surface area contributed by atoms with Crippen LogP contribution in [0.5, 0.6) is 0 Å². The Hall–Kier alpha value is -0.940. The number of benzene rings is 1. The van der Waals surface area contributed by atoms with E-state index < -0.39 is 5.41 Å². The van der Waals surface area contributed by atoms with Gasteiger partial charge in [0.2, 0.25) is 5.91 Å². The fourth-order valence-electron chi connectivity index (χ4n) is 2.35. The van der Waals surface area contributed by atoms with E-state index >= 15 is 0 Å². The van der Waals surface area contributed by atoms with E-state index in [2.05, 4.69) is 15.9 Å². The van der Waals surface area contributed by atoms with Gasteiger partial charge in [-0.05, 0) is 30.5 Å². The van der Waals surface area contributed by atoms with Crippen LogP contribution in [0.2, 0.25) is 0 Å². The number of halogens is 1. The molecule has 1 aromatic rings. The number of rotatable bonds is 6. The molecule has 0 aliphatic carbocycles. The molecule has 110 valence electrons. The molecule has 0 aromatic heterocycles. The van der Waals surface area contributed by atoms with Crippen molar-refractivity contribution in [3.63, 3.8) is 0 Å². The van der Waals surface area contributed by atoms with Crippen LogP contribution in [0, 0.1) is 5.41 Å². The molecule has 0 aliphatic rings. The van der Waals surface area contributed by atoms with Crippen LogP contribution < -0.4 is 5.73 Å². The zero-order chi connectivity index (χ0) is 15.3. The minimum Gasteiger partial charge on any atom is -0.392 e. The van der Waals surface area contributed by atoms with Gasteiger partial charge in [0, 0.05) is 18.1 Å². The van der Waals surface area contributed by atoms with Crippen LogP contribution in [-0.4, -0.2) is 22.8 Å². The van der Waals surface area contributed by atoms with Crippen LogP contribution >= 0.6 is 28.1 Å². The molecule has 2 N–H and O–H groups in total. The van der Waals surface area contributed by atoms with Crippen molar-refractivity contribution in [1.29, 1.82) is 0 Å². The summed E-state index contributed by atoms with van der Waals surface area (Å²) < 4.78 is 1.00. The maximum absolute atomic E-state index is 12.7. The summed E-state index contributed by atoms with van der Waals surface area (Å²) >= 11 is 8.57. The van der Waals surface area contributed by atoms with Gasteiger partial charge in [0.1, 0.15) is 0 Å². The van der Waals surface area contributed by atoms with E-state index in [9.17, 15) is 4.79 Å². The zero-order valence-corrected chi connectivity index (χ0v) is 14.6. The molecule has 0 saturated carbocycles. The molecular weight excluding hydrogens is 336 g/mol. The van der Waals surface area contributed by atoms with Crippen molar-refractivity contribution in [2.45, 2.75) is 33.2 Å². The number of thiocarbonyl (C=S) groups is 1. The monoisotopic (exact) mass is 356 g/mol. The number of nitrogens with two attached hydrogens (primary N) is 1. The molecule has 1 rings (SSSR count). The standard InChI is InChI=1S/C15H21BrN2OS/c1-4-15(5-2,13(17)20)14(19)18(3)10-11-7-6-8-12(16)9-11/h6-9H,4-5,10H2,1-3H3,(H2,17,20). The van der Waals surface area contributed by atoms with E-state index in [1.165, 1.54) is 0 Å². The van der Waals surface area contributed by atoms with E-state index in [1.807, 2.05) is 38.1 Å². The second-order valence-electron chi connectivity index (χ2n) is 4.94. The van der Waals surface area contributed by atoms with Gasteiger partial charge in [-0.25, -0.2) is 0 Å². The molecular formula is C15H21BrN2OS. The van der Waals surface area contributed by atoms with Gasteiger partial charge in [0.05, 0.1) is 10.4 Å². The summed E-state index contributed by atoms with van der Waals surface area (Å²) in [6.45, 7) is 4.45. The van der Waals surface area contributed by atoms with Gasteiger partial charge in [0.25, 0.3) is 0 Å². The fourth-order valence-corrected chi connectivity index (χ4v) is 3.18. The highest BCUT2D eigenvalue weighted by atomic mass is 79.9. The highest BCUT2D eigenvalue weighted by Gasteiger charge is 2.39. The molecule has 3 nitrogen and oxygen atoms in total. The molecule has 0 atom stereocenters. The Bertz CT molecular complexity index is 500. The zero-order valence-electron chi connectivity index (χ0n) is 12.1. The van der Waals surface area contributed by atoms with Crippen molar-refractivity contribution in [3.8, 4) is 0 Å². The van der Waals surface area contributed by atoms with Gasteiger partial charge in [0.15, 0.2) is 0 Å². The van der Waals surface area contributed by atoms with Crippen molar-refractivity contribution >= 4 is 39.0 Å². The summed E-state index contributed by atoms with van der Waals surface area (Å²) in [7, 11) is 1.79. The van der Waals surface area contributed by atoms with E-state index in [4.69, 9.17) is 18.0 Å². The van der Waals surface area contributed by atoms with Crippen LogP contribution in [0.3, 0.4) is 0 Å². The molecule has 1 amide bonds. The van der Waals surface area contributed by atoms with Crippen molar-refractivity contribution in [3.05, 3.63) is 34.3 Å². The van der Waals surface area contributed by atoms with Gasteiger partial charge in [-0.1, -0.05) is 54.1 Å². The lowest BCUT2D eigenvalue weighted by Gasteiger charge is -2.33. The third-order valence-electron chi connectivity index (χ3n) is 3.74. The second-order valence-corrected chi connectivity index (χ2v) is 6.30. The Morgan fingerprint density at radius 2 is 2.00 bits per heavy atom. The Labute approximate surface area is 134 Å². The van der Waals surface area contributed by atoms with Gasteiger partial charge in [-0.15, -0.1) is 0 Å². The minimum absolute atomic E-state index is 0.00465. The number of carbonyl (C=O) groups is 1. The summed E-state index contributed by atoms with van der Waals surface area (Å²) in [6.07, 6.45) is 1.25. The summed E-state index contributed by atoms with van der Waals surface area (Å²) in [4.78, 5) is 14.7. The molecule has 1 aromatic carbocycles. The second kappa shape index (κ2) is 7.18. The predicted octanol–water partition coefficient (Wildman–Crippen LogP) is 3.50. The maximum Gasteiger partial charge on any atom is 0.235 e. The third-order valence-corrected chi connectivity index (χ3v) is 4.63. The normalized spacial score (nSPS) is 11.2. The fraction of sp³-hybridized carbons (Fsp3) is 0.467. The van der Waals surface area contributed by atoms with Crippen LogP contribution in [0.1, 0.15) is 32.3 Å². The Morgan fingerprint density at radius 3 is 2.45 bits per heavy atom. The molecule has 0 fully saturated rings. The average Bonchev–Trinajstić information content (AvgIpc) is 2.40. The molecule has 0 aliphatic heterocycles. The number of hydrogen-bond acceptors (Lipinski definition) is 2.